The van der Waals surface area contributed by atoms with Gasteiger partial charge < -0.3 is 10.1 Å². The average Bonchev–Trinajstić information content (AvgIpc) is 2.76. The van der Waals surface area contributed by atoms with Crippen LogP contribution in [0, 0.1) is 6.92 Å². The van der Waals surface area contributed by atoms with E-state index in [1.807, 2.05) is 13.0 Å². The van der Waals surface area contributed by atoms with Gasteiger partial charge in [-0.05, 0) is 48.4 Å². The molecule has 0 aliphatic carbocycles. The van der Waals surface area contributed by atoms with Crippen molar-refractivity contribution in [2.45, 2.75) is 18.4 Å². The minimum absolute atomic E-state index is 0.00882. The van der Waals surface area contributed by atoms with Crippen molar-refractivity contribution < 1.29 is 17.9 Å². The van der Waals surface area contributed by atoms with Crippen molar-refractivity contribution in [1.29, 1.82) is 0 Å². The summed E-state index contributed by atoms with van der Waals surface area (Å²) >= 11 is 12.3. The van der Waals surface area contributed by atoms with E-state index in [0.29, 0.717) is 16.5 Å². The average molecular weight is 493 g/mol. The first kappa shape index (κ1) is 24.1. The molecule has 6 nitrogen and oxygen atoms in total. The summed E-state index contributed by atoms with van der Waals surface area (Å²) in [6, 6.07) is 18.3. The molecule has 3 aromatic carbocycles. The summed E-state index contributed by atoms with van der Waals surface area (Å²) in [5.74, 6) is -0.141. The predicted molar refractivity (Wildman–Crippen MR) is 127 cm³/mol. The minimum Gasteiger partial charge on any atom is -0.495 e. The van der Waals surface area contributed by atoms with Gasteiger partial charge in [0.25, 0.3) is 0 Å². The molecule has 0 radical (unpaired) electrons. The first-order chi connectivity index (χ1) is 15.2. The highest BCUT2D eigenvalue weighted by Gasteiger charge is 2.28. The molecule has 0 aliphatic rings. The predicted octanol–water partition coefficient (Wildman–Crippen LogP) is 5.14. The lowest BCUT2D eigenvalue weighted by molar-refractivity contribution is -0.116. The Kier molecular flexibility index (Phi) is 7.79. The molecule has 168 valence electrons. The van der Waals surface area contributed by atoms with Gasteiger partial charge in [0.1, 0.15) is 5.75 Å². The molecule has 3 rings (SSSR count). The monoisotopic (exact) mass is 492 g/mol. The van der Waals surface area contributed by atoms with Crippen molar-refractivity contribution in [2.75, 3.05) is 19.0 Å². The summed E-state index contributed by atoms with van der Waals surface area (Å²) < 4.78 is 33.0. The molecule has 0 heterocycles. The van der Waals surface area contributed by atoms with Gasteiger partial charge >= 0.3 is 0 Å². The zero-order valence-electron chi connectivity index (χ0n) is 17.5. The molecule has 1 N–H and O–H groups in total. The highest BCUT2D eigenvalue weighted by Crippen LogP contribution is 2.29. The molecule has 0 aliphatic heterocycles. The van der Waals surface area contributed by atoms with Crippen molar-refractivity contribution in [3.8, 4) is 5.75 Å². The molecule has 0 fully saturated rings. The van der Waals surface area contributed by atoms with Gasteiger partial charge in [-0.25, -0.2) is 8.42 Å². The van der Waals surface area contributed by atoms with Gasteiger partial charge in [-0.3, -0.25) is 4.79 Å². The second-order valence-electron chi connectivity index (χ2n) is 7.07. The van der Waals surface area contributed by atoms with Crippen molar-refractivity contribution >= 4 is 44.8 Å². The molecule has 32 heavy (non-hydrogen) atoms. The fourth-order valence-electron chi connectivity index (χ4n) is 3.00. The van der Waals surface area contributed by atoms with Crippen LogP contribution < -0.4 is 10.1 Å². The Balaban J connectivity index is 1.89. The van der Waals surface area contributed by atoms with Crippen LogP contribution in [-0.2, 0) is 21.4 Å². The standard InChI is InChI=1S/C23H22Cl2N2O4S/c1-16-8-9-18(12-20(16)24)26-23(28)15-27(14-17-6-4-3-5-7-17)32(29,30)19-10-11-22(31-2)21(25)13-19/h3-13H,14-15H2,1-2H3,(H,26,28). The van der Waals surface area contributed by atoms with Gasteiger partial charge in [0.05, 0.1) is 23.6 Å². The van der Waals surface area contributed by atoms with Crippen LogP contribution in [0.3, 0.4) is 0 Å². The molecule has 0 saturated carbocycles. The smallest absolute Gasteiger partial charge is 0.243 e. The van der Waals surface area contributed by atoms with E-state index in [1.54, 1.807) is 42.5 Å². The number of halogens is 2. The van der Waals surface area contributed by atoms with Gasteiger partial charge in [0.2, 0.25) is 15.9 Å². The second kappa shape index (κ2) is 10.4. The molecule has 0 bridgehead atoms. The van der Waals surface area contributed by atoms with E-state index in [4.69, 9.17) is 27.9 Å². The zero-order valence-corrected chi connectivity index (χ0v) is 19.8. The third-order valence-electron chi connectivity index (χ3n) is 4.74. The Hall–Kier alpha value is -2.58. The van der Waals surface area contributed by atoms with E-state index in [1.165, 1.54) is 25.3 Å². The fraction of sp³-hybridized carbons (Fsp3) is 0.174. The fourth-order valence-corrected chi connectivity index (χ4v) is 4.91. The number of sulfonamides is 1. The molecule has 0 spiro atoms. The van der Waals surface area contributed by atoms with Crippen LogP contribution in [0.1, 0.15) is 11.1 Å². The van der Waals surface area contributed by atoms with Crippen molar-refractivity contribution in [3.05, 3.63) is 87.9 Å². The Morgan fingerprint density at radius 3 is 2.34 bits per heavy atom. The number of carbonyl (C=O) groups excluding carboxylic acids is 1. The van der Waals surface area contributed by atoms with Crippen LogP contribution in [-0.4, -0.2) is 32.3 Å². The lowest BCUT2D eigenvalue weighted by Gasteiger charge is -2.22. The van der Waals surface area contributed by atoms with E-state index < -0.39 is 22.5 Å². The quantitative estimate of drug-likeness (QED) is 0.472. The molecular weight excluding hydrogens is 471 g/mol. The molecule has 0 atom stereocenters. The number of hydrogen-bond donors (Lipinski definition) is 1. The Bertz CT molecular complexity index is 1220. The van der Waals surface area contributed by atoms with Crippen LogP contribution >= 0.6 is 23.2 Å². The number of nitrogens with one attached hydrogen (secondary N) is 1. The Labute approximate surface area is 197 Å². The van der Waals surface area contributed by atoms with Crippen molar-refractivity contribution in [1.82, 2.24) is 4.31 Å². The van der Waals surface area contributed by atoms with Crippen LogP contribution in [0.2, 0.25) is 10.0 Å². The maximum Gasteiger partial charge on any atom is 0.243 e. The molecule has 0 saturated heterocycles. The maximum absolute atomic E-state index is 13.4. The van der Waals surface area contributed by atoms with Crippen LogP contribution in [0.15, 0.2) is 71.6 Å². The summed E-state index contributed by atoms with van der Waals surface area (Å²) in [5.41, 5.74) is 2.09. The summed E-state index contributed by atoms with van der Waals surface area (Å²) in [5, 5.41) is 3.37. The number of hydrogen-bond acceptors (Lipinski definition) is 4. The van der Waals surface area contributed by atoms with Crippen molar-refractivity contribution in [3.63, 3.8) is 0 Å². The molecule has 3 aromatic rings. The van der Waals surface area contributed by atoms with E-state index in [9.17, 15) is 13.2 Å². The van der Waals surface area contributed by atoms with Gasteiger partial charge in [-0.2, -0.15) is 4.31 Å². The number of anilines is 1. The third-order valence-corrected chi connectivity index (χ3v) is 7.23. The highest BCUT2D eigenvalue weighted by atomic mass is 35.5. The number of amides is 1. The lowest BCUT2D eigenvalue weighted by Crippen LogP contribution is -2.37. The Morgan fingerprint density at radius 2 is 1.72 bits per heavy atom. The first-order valence-corrected chi connectivity index (χ1v) is 11.8. The molecular formula is C23H22Cl2N2O4S. The SMILES string of the molecule is COc1ccc(S(=O)(=O)N(CC(=O)Nc2ccc(C)c(Cl)c2)Cc2ccccc2)cc1Cl. The summed E-state index contributed by atoms with van der Waals surface area (Å²) in [4.78, 5) is 12.7. The topological polar surface area (TPSA) is 75.7 Å². The number of nitrogens with zero attached hydrogens (tertiary/aromatic N) is 1. The molecule has 1 amide bonds. The van der Waals surface area contributed by atoms with Crippen LogP contribution in [0.25, 0.3) is 0 Å². The second-order valence-corrected chi connectivity index (χ2v) is 9.82. The van der Waals surface area contributed by atoms with Crippen LogP contribution in [0.4, 0.5) is 5.69 Å². The largest absolute Gasteiger partial charge is 0.495 e. The zero-order chi connectivity index (χ0) is 23.3. The number of methoxy groups -OCH3 is 1. The highest BCUT2D eigenvalue weighted by molar-refractivity contribution is 7.89. The number of aryl methyl sites for hydroxylation is 1. The van der Waals surface area contributed by atoms with Crippen molar-refractivity contribution in [2.24, 2.45) is 0 Å². The first-order valence-electron chi connectivity index (χ1n) is 9.64. The number of ether oxygens (including phenoxy) is 1. The summed E-state index contributed by atoms with van der Waals surface area (Å²) in [6.07, 6.45) is 0. The van der Waals surface area contributed by atoms with E-state index >= 15 is 0 Å². The molecule has 0 aromatic heterocycles. The van der Waals surface area contributed by atoms with E-state index in [0.717, 1.165) is 15.4 Å². The number of rotatable bonds is 8. The third kappa shape index (κ3) is 5.81. The Morgan fingerprint density at radius 1 is 1.00 bits per heavy atom. The number of carbonyl (C=O) groups is 1. The van der Waals surface area contributed by atoms with Gasteiger partial charge in [0, 0.05) is 17.3 Å². The lowest BCUT2D eigenvalue weighted by atomic mass is 10.2. The van der Waals surface area contributed by atoms with Gasteiger partial charge in [0.15, 0.2) is 0 Å². The normalized spacial score (nSPS) is 11.4. The molecule has 9 heteroatoms. The number of benzene rings is 3. The minimum atomic E-state index is -4.04. The van der Waals surface area contributed by atoms with Gasteiger partial charge in [-0.15, -0.1) is 0 Å². The summed E-state index contributed by atoms with van der Waals surface area (Å²) in [7, 11) is -2.60. The molecule has 0 unspecified atom stereocenters. The van der Waals surface area contributed by atoms with Gasteiger partial charge in [-0.1, -0.05) is 59.6 Å². The maximum atomic E-state index is 13.4. The van der Waals surface area contributed by atoms with Crippen LogP contribution in [0.5, 0.6) is 5.75 Å². The van der Waals surface area contributed by atoms with E-state index in [2.05, 4.69) is 5.32 Å². The van der Waals surface area contributed by atoms with E-state index in [-0.39, 0.29) is 16.5 Å². The summed E-state index contributed by atoms with van der Waals surface area (Å²) in [6.45, 7) is 1.46.